The van der Waals surface area contributed by atoms with Crippen LogP contribution in [0.1, 0.15) is 39.2 Å². The Labute approximate surface area is 109 Å². The summed E-state index contributed by atoms with van der Waals surface area (Å²) in [6, 6.07) is -0.237. The van der Waals surface area contributed by atoms with Gasteiger partial charge in [-0.05, 0) is 31.1 Å². The van der Waals surface area contributed by atoms with E-state index in [4.69, 9.17) is 11.6 Å². The standard InChI is InChI=1S/C12H16ClFN2O2/c1-6-3-4-8(5-7(6)2)16-11(17)9(14)10(13)15-12(16)18/h6-8H,3-5H2,1-2H3,(H,15,18). The van der Waals surface area contributed by atoms with Crippen LogP contribution in [0.3, 0.4) is 0 Å². The van der Waals surface area contributed by atoms with Crippen molar-refractivity contribution < 1.29 is 4.39 Å². The Kier molecular flexibility index (Phi) is 3.61. The first-order chi connectivity index (χ1) is 8.41. The van der Waals surface area contributed by atoms with Crippen molar-refractivity contribution in [3.8, 4) is 0 Å². The third-order valence-electron chi connectivity index (χ3n) is 3.97. The highest BCUT2D eigenvalue weighted by Crippen LogP contribution is 2.34. The highest BCUT2D eigenvalue weighted by molar-refractivity contribution is 6.29. The molecule has 1 aromatic rings. The van der Waals surface area contributed by atoms with Crippen LogP contribution in [0.15, 0.2) is 9.59 Å². The average molecular weight is 275 g/mol. The Balaban J connectivity index is 2.44. The van der Waals surface area contributed by atoms with Crippen LogP contribution in [-0.2, 0) is 0 Å². The highest BCUT2D eigenvalue weighted by atomic mass is 35.5. The molecule has 100 valence electrons. The quantitative estimate of drug-likeness (QED) is 0.799. The molecule has 3 atom stereocenters. The molecule has 0 saturated heterocycles. The van der Waals surface area contributed by atoms with Gasteiger partial charge in [-0.3, -0.25) is 14.3 Å². The zero-order chi connectivity index (χ0) is 13.4. The number of rotatable bonds is 1. The minimum atomic E-state index is -1.08. The Bertz CT molecular complexity index is 566. The van der Waals surface area contributed by atoms with Gasteiger partial charge in [0.15, 0.2) is 5.15 Å². The van der Waals surface area contributed by atoms with Gasteiger partial charge in [0.1, 0.15) is 0 Å². The lowest BCUT2D eigenvalue weighted by Gasteiger charge is -2.32. The van der Waals surface area contributed by atoms with Gasteiger partial charge in [-0.2, -0.15) is 4.39 Å². The summed E-state index contributed by atoms with van der Waals surface area (Å²) in [5, 5.41) is -0.515. The number of halogens is 2. The second-order valence-corrected chi connectivity index (χ2v) is 5.53. The van der Waals surface area contributed by atoms with Gasteiger partial charge in [-0.15, -0.1) is 0 Å². The number of H-pyrrole nitrogens is 1. The molecular formula is C12H16ClFN2O2. The van der Waals surface area contributed by atoms with Crippen molar-refractivity contribution >= 4 is 11.6 Å². The van der Waals surface area contributed by atoms with Gasteiger partial charge in [0.25, 0.3) is 5.56 Å². The number of hydrogen-bond acceptors (Lipinski definition) is 2. The van der Waals surface area contributed by atoms with E-state index in [0.717, 1.165) is 17.4 Å². The topological polar surface area (TPSA) is 54.9 Å². The van der Waals surface area contributed by atoms with E-state index in [0.29, 0.717) is 18.3 Å². The maximum atomic E-state index is 13.5. The summed E-state index contributed by atoms with van der Waals surface area (Å²) in [6.45, 7) is 4.23. The molecule has 3 unspecified atom stereocenters. The zero-order valence-electron chi connectivity index (χ0n) is 10.4. The molecule has 0 aromatic carbocycles. The van der Waals surface area contributed by atoms with Gasteiger partial charge < -0.3 is 0 Å². The number of aromatic nitrogens is 2. The van der Waals surface area contributed by atoms with Crippen molar-refractivity contribution in [2.45, 2.75) is 39.2 Å². The number of hydrogen-bond donors (Lipinski definition) is 1. The van der Waals surface area contributed by atoms with Crippen molar-refractivity contribution in [3.63, 3.8) is 0 Å². The monoisotopic (exact) mass is 274 g/mol. The number of nitrogens with zero attached hydrogens (tertiary/aromatic N) is 1. The van der Waals surface area contributed by atoms with Gasteiger partial charge in [-0.1, -0.05) is 25.4 Å². The van der Waals surface area contributed by atoms with E-state index in [-0.39, 0.29) is 6.04 Å². The number of aromatic amines is 1. The molecule has 1 saturated carbocycles. The van der Waals surface area contributed by atoms with Crippen molar-refractivity contribution in [2.75, 3.05) is 0 Å². The molecule has 1 aliphatic rings. The predicted octanol–water partition coefficient (Wildman–Crippen LogP) is 2.33. The molecule has 1 N–H and O–H groups in total. The largest absolute Gasteiger partial charge is 0.329 e. The molecule has 2 rings (SSSR count). The zero-order valence-corrected chi connectivity index (χ0v) is 11.1. The van der Waals surface area contributed by atoms with Crippen molar-refractivity contribution in [2.24, 2.45) is 11.8 Å². The Hall–Kier alpha value is -1.10. The van der Waals surface area contributed by atoms with Crippen LogP contribution in [-0.4, -0.2) is 9.55 Å². The molecule has 1 aromatic heterocycles. The Morgan fingerprint density at radius 3 is 2.56 bits per heavy atom. The van der Waals surface area contributed by atoms with Crippen LogP contribution in [0.4, 0.5) is 4.39 Å². The minimum Gasteiger partial charge on any atom is -0.295 e. The van der Waals surface area contributed by atoms with E-state index in [1.165, 1.54) is 0 Å². The second kappa shape index (κ2) is 4.88. The summed E-state index contributed by atoms with van der Waals surface area (Å²) in [5.74, 6) is -0.107. The molecule has 1 aliphatic carbocycles. The van der Waals surface area contributed by atoms with E-state index in [2.05, 4.69) is 18.8 Å². The lowest BCUT2D eigenvalue weighted by molar-refractivity contribution is 0.202. The summed E-state index contributed by atoms with van der Waals surface area (Å²) in [7, 11) is 0. The molecule has 0 amide bonds. The third kappa shape index (κ3) is 2.23. The van der Waals surface area contributed by atoms with E-state index in [9.17, 15) is 14.0 Å². The van der Waals surface area contributed by atoms with Crippen LogP contribution in [0, 0.1) is 17.7 Å². The maximum Gasteiger partial charge on any atom is 0.329 e. The molecular weight excluding hydrogens is 259 g/mol. The van der Waals surface area contributed by atoms with Crippen molar-refractivity contribution in [1.29, 1.82) is 0 Å². The first-order valence-electron chi connectivity index (χ1n) is 6.11. The molecule has 1 heterocycles. The second-order valence-electron chi connectivity index (χ2n) is 5.15. The van der Waals surface area contributed by atoms with Crippen LogP contribution >= 0.6 is 11.6 Å². The smallest absolute Gasteiger partial charge is 0.295 e. The first kappa shape index (κ1) is 13.3. The van der Waals surface area contributed by atoms with Gasteiger partial charge in [0, 0.05) is 6.04 Å². The molecule has 18 heavy (non-hydrogen) atoms. The summed E-state index contributed by atoms with van der Waals surface area (Å²) < 4.78 is 14.4. The first-order valence-corrected chi connectivity index (χ1v) is 6.49. The summed E-state index contributed by atoms with van der Waals surface area (Å²) in [6.07, 6.45) is 2.36. The summed E-state index contributed by atoms with van der Waals surface area (Å²) in [5.41, 5.74) is -1.55. The Morgan fingerprint density at radius 2 is 1.94 bits per heavy atom. The van der Waals surface area contributed by atoms with Crippen LogP contribution in [0.25, 0.3) is 0 Å². The van der Waals surface area contributed by atoms with Gasteiger partial charge in [-0.25, -0.2) is 4.79 Å². The SMILES string of the molecule is CC1CCC(n2c(=O)[nH]c(Cl)c(F)c2=O)CC1C. The third-order valence-corrected chi connectivity index (χ3v) is 4.23. The summed E-state index contributed by atoms with van der Waals surface area (Å²) in [4.78, 5) is 25.7. The van der Waals surface area contributed by atoms with E-state index < -0.39 is 22.2 Å². The molecule has 0 bridgehead atoms. The van der Waals surface area contributed by atoms with Crippen LogP contribution in [0.5, 0.6) is 0 Å². The predicted molar refractivity (Wildman–Crippen MR) is 67.5 cm³/mol. The van der Waals surface area contributed by atoms with Crippen LogP contribution < -0.4 is 11.2 Å². The van der Waals surface area contributed by atoms with Crippen LogP contribution in [0.2, 0.25) is 5.15 Å². The molecule has 0 radical (unpaired) electrons. The molecule has 4 nitrogen and oxygen atoms in total. The minimum absolute atomic E-state index is 0.237. The fraction of sp³-hybridized carbons (Fsp3) is 0.667. The van der Waals surface area contributed by atoms with Gasteiger partial charge in [0.05, 0.1) is 0 Å². The molecule has 1 fully saturated rings. The fourth-order valence-electron chi connectivity index (χ4n) is 2.59. The molecule has 0 spiro atoms. The molecule has 6 heteroatoms. The van der Waals surface area contributed by atoms with Gasteiger partial charge in [0.2, 0.25) is 5.82 Å². The maximum absolute atomic E-state index is 13.5. The van der Waals surface area contributed by atoms with E-state index in [1.54, 1.807) is 0 Å². The van der Waals surface area contributed by atoms with Crippen molar-refractivity contribution in [1.82, 2.24) is 9.55 Å². The normalized spacial score (nSPS) is 28.3. The lowest BCUT2D eigenvalue weighted by Crippen LogP contribution is -2.42. The summed E-state index contributed by atoms with van der Waals surface area (Å²) >= 11 is 5.44. The average Bonchev–Trinajstić information content (AvgIpc) is 2.31. The van der Waals surface area contributed by atoms with E-state index >= 15 is 0 Å². The van der Waals surface area contributed by atoms with E-state index in [1.807, 2.05) is 0 Å². The fourth-order valence-corrected chi connectivity index (χ4v) is 2.75. The lowest BCUT2D eigenvalue weighted by atomic mass is 9.79. The van der Waals surface area contributed by atoms with Gasteiger partial charge >= 0.3 is 5.69 Å². The highest BCUT2D eigenvalue weighted by Gasteiger charge is 2.28. The molecule has 0 aliphatic heterocycles. The number of nitrogens with one attached hydrogen (secondary N) is 1. The van der Waals surface area contributed by atoms with Crippen molar-refractivity contribution in [3.05, 3.63) is 31.8 Å². The Morgan fingerprint density at radius 1 is 1.28 bits per heavy atom.